The van der Waals surface area contributed by atoms with Gasteiger partial charge in [-0.25, -0.2) is 15.0 Å². The highest BCUT2D eigenvalue weighted by Crippen LogP contribution is 2.41. The van der Waals surface area contributed by atoms with Gasteiger partial charge in [0.1, 0.15) is 11.2 Å². The van der Waals surface area contributed by atoms with Gasteiger partial charge < -0.3 is 4.42 Å². The predicted octanol–water partition coefficient (Wildman–Crippen LogP) is 13.4. The van der Waals surface area contributed by atoms with Crippen LogP contribution in [0.15, 0.2) is 205 Å². The molecule has 4 nitrogen and oxygen atoms in total. The zero-order valence-corrected chi connectivity index (χ0v) is 29.8. The third-order valence-corrected chi connectivity index (χ3v) is 10.2. The number of benzene rings is 8. The highest BCUT2D eigenvalue weighted by Gasteiger charge is 2.19. The number of fused-ring (bicyclic) bond motifs is 3. The minimum absolute atomic E-state index is 0.598. The Morgan fingerprint density at radius 2 is 0.727 bits per heavy atom. The standard InChI is InChI=1S/C51H33N3O/c1-4-16-34(17-5-1)40-24-10-12-26-42(40)43-27-13-11-25-41(43)39-23-14-22-37(32-39)38-30-31-46-45(33-38)48-44(28-15-29-47(48)55-46)51-53-49(35-18-6-2-7-19-35)52-50(54-51)36-20-8-3-9-21-36/h1-33H. The van der Waals surface area contributed by atoms with Gasteiger partial charge in [0, 0.05) is 27.5 Å². The molecule has 0 saturated heterocycles. The van der Waals surface area contributed by atoms with Crippen LogP contribution >= 0.6 is 0 Å². The number of hydrogen-bond acceptors (Lipinski definition) is 4. The van der Waals surface area contributed by atoms with Crippen molar-refractivity contribution in [1.29, 1.82) is 0 Å². The Hall–Kier alpha value is -7.43. The van der Waals surface area contributed by atoms with Crippen LogP contribution in [-0.4, -0.2) is 15.0 Å². The van der Waals surface area contributed by atoms with Crippen molar-refractivity contribution >= 4 is 21.9 Å². The van der Waals surface area contributed by atoms with Crippen LogP contribution in [0.5, 0.6) is 0 Å². The molecule has 10 aromatic rings. The van der Waals surface area contributed by atoms with Crippen LogP contribution in [0.1, 0.15) is 0 Å². The first-order valence-corrected chi connectivity index (χ1v) is 18.4. The Kier molecular flexibility index (Phi) is 8.12. The minimum Gasteiger partial charge on any atom is -0.456 e. The summed E-state index contributed by atoms with van der Waals surface area (Å²) in [5, 5.41) is 1.98. The van der Waals surface area contributed by atoms with Crippen LogP contribution in [0, 0.1) is 0 Å². The van der Waals surface area contributed by atoms with Crippen LogP contribution in [0.4, 0.5) is 0 Å². The summed E-state index contributed by atoms with van der Waals surface area (Å²) in [5.74, 6) is 1.85. The van der Waals surface area contributed by atoms with Crippen molar-refractivity contribution in [1.82, 2.24) is 15.0 Å². The summed E-state index contributed by atoms with van der Waals surface area (Å²) in [6, 6.07) is 69.5. The summed E-state index contributed by atoms with van der Waals surface area (Å²) in [6.07, 6.45) is 0. The lowest BCUT2D eigenvalue weighted by Crippen LogP contribution is -2.00. The van der Waals surface area contributed by atoms with E-state index in [2.05, 4.69) is 127 Å². The third-order valence-electron chi connectivity index (χ3n) is 10.2. The van der Waals surface area contributed by atoms with E-state index in [1.807, 2.05) is 72.8 Å². The Morgan fingerprint density at radius 3 is 1.36 bits per heavy atom. The molecule has 0 fully saturated rings. The van der Waals surface area contributed by atoms with Crippen molar-refractivity contribution in [3.05, 3.63) is 200 Å². The van der Waals surface area contributed by atoms with E-state index in [-0.39, 0.29) is 0 Å². The molecule has 0 aliphatic carbocycles. The Labute approximate surface area is 319 Å². The van der Waals surface area contributed by atoms with Crippen LogP contribution in [0.2, 0.25) is 0 Å². The second-order valence-corrected chi connectivity index (χ2v) is 13.6. The van der Waals surface area contributed by atoms with Gasteiger partial charge in [0.25, 0.3) is 0 Å². The molecule has 0 aliphatic rings. The summed E-state index contributed by atoms with van der Waals surface area (Å²) in [5.41, 5.74) is 13.7. The maximum Gasteiger partial charge on any atom is 0.164 e. The molecule has 8 aromatic carbocycles. The van der Waals surface area contributed by atoms with Crippen molar-refractivity contribution < 1.29 is 4.42 Å². The Balaban J connectivity index is 1.10. The molecule has 4 heteroatoms. The molecule has 0 amide bonds. The lowest BCUT2D eigenvalue weighted by molar-refractivity contribution is 0.669. The van der Waals surface area contributed by atoms with Crippen molar-refractivity contribution in [2.75, 3.05) is 0 Å². The van der Waals surface area contributed by atoms with E-state index in [1.165, 1.54) is 27.8 Å². The van der Waals surface area contributed by atoms with E-state index < -0.39 is 0 Å². The van der Waals surface area contributed by atoms with E-state index in [1.54, 1.807) is 0 Å². The average molecular weight is 704 g/mol. The average Bonchev–Trinajstić information content (AvgIpc) is 3.65. The minimum atomic E-state index is 0.598. The molecule has 0 N–H and O–H groups in total. The quantitative estimate of drug-likeness (QED) is 0.166. The number of rotatable bonds is 7. The molecule has 2 heterocycles. The zero-order valence-electron chi connectivity index (χ0n) is 29.8. The van der Waals surface area contributed by atoms with Gasteiger partial charge in [0.05, 0.1) is 0 Å². The normalized spacial score (nSPS) is 11.3. The second kappa shape index (κ2) is 13.8. The smallest absolute Gasteiger partial charge is 0.164 e. The van der Waals surface area contributed by atoms with Crippen LogP contribution < -0.4 is 0 Å². The van der Waals surface area contributed by atoms with E-state index in [0.29, 0.717) is 17.5 Å². The van der Waals surface area contributed by atoms with E-state index in [4.69, 9.17) is 19.4 Å². The van der Waals surface area contributed by atoms with Gasteiger partial charge in [0.15, 0.2) is 17.5 Å². The molecular weight excluding hydrogens is 671 g/mol. The SMILES string of the molecule is c1ccc(-c2nc(-c3ccccc3)nc(-c3cccc4oc5ccc(-c6cccc(-c7ccccc7-c7ccccc7-c7ccccc7)c6)cc5c34)n2)cc1. The molecule has 0 unspecified atom stereocenters. The van der Waals surface area contributed by atoms with Crippen LogP contribution in [0.3, 0.4) is 0 Å². The summed E-state index contributed by atoms with van der Waals surface area (Å²) >= 11 is 0. The summed E-state index contributed by atoms with van der Waals surface area (Å²) in [6.45, 7) is 0. The molecule has 10 rings (SSSR count). The van der Waals surface area contributed by atoms with Gasteiger partial charge in [0.2, 0.25) is 0 Å². The highest BCUT2D eigenvalue weighted by atomic mass is 16.3. The molecule has 0 bridgehead atoms. The van der Waals surface area contributed by atoms with Gasteiger partial charge >= 0.3 is 0 Å². The fourth-order valence-corrected chi connectivity index (χ4v) is 7.55. The highest BCUT2D eigenvalue weighted by molar-refractivity contribution is 6.13. The largest absolute Gasteiger partial charge is 0.456 e. The molecular formula is C51H33N3O. The van der Waals surface area contributed by atoms with Gasteiger partial charge in [-0.15, -0.1) is 0 Å². The van der Waals surface area contributed by atoms with Crippen molar-refractivity contribution in [2.24, 2.45) is 0 Å². The predicted molar refractivity (Wildman–Crippen MR) is 225 cm³/mol. The lowest BCUT2D eigenvalue weighted by atomic mass is 9.88. The first-order chi connectivity index (χ1) is 27.3. The number of hydrogen-bond donors (Lipinski definition) is 0. The van der Waals surface area contributed by atoms with Gasteiger partial charge in [-0.05, 0) is 68.8 Å². The van der Waals surface area contributed by atoms with Gasteiger partial charge in [-0.2, -0.15) is 0 Å². The van der Waals surface area contributed by atoms with E-state index in [0.717, 1.165) is 55.3 Å². The monoisotopic (exact) mass is 703 g/mol. The topological polar surface area (TPSA) is 51.8 Å². The third kappa shape index (κ3) is 6.06. The zero-order chi connectivity index (χ0) is 36.6. The maximum absolute atomic E-state index is 6.47. The summed E-state index contributed by atoms with van der Waals surface area (Å²) < 4.78 is 6.47. The molecule has 0 spiro atoms. The first-order valence-electron chi connectivity index (χ1n) is 18.4. The summed E-state index contributed by atoms with van der Waals surface area (Å²) in [4.78, 5) is 15.0. The van der Waals surface area contributed by atoms with Crippen molar-refractivity contribution in [3.8, 4) is 78.7 Å². The fraction of sp³-hybridized carbons (Fsp3) is 0. The van der Waals surface area contributed by atoms with E-state index >= 15 is 0 Å². The molecule has 0 saturated carbocycles. The van der Waals surface area contributed by atoms with Crippen molar-refractivity contribution in [3.63, 3.8) is 0 Å². The lowest BCUT2D eigenvalue weighted by Gasteiger charge is -2.15. The van der Waals surface area contributed by atoms with Gasteiger partial charge in [-0.3, -0.25) is 0 Å². The molecule has 258 valence electrons. The van der Waals surface area contributed by atoms with Gasteiger partial charge in [-0.1, -0.05) is 176 Å². The van der Waals surface area contributed by atoms with Crippen LogP contribution in [0.25, 0.3) is 101 Å². The Bertz CT molecular complexity index is 2910. The molecule has 2 aromatic heterocycles. The van der Waals surface area contributed by atoms with E-state index in [9.17, 15) is 0 Å². The number of aromatic nitrogens is 3. The second-order valence-electron chi connectivity index (χ2n) is 13.6. The van der Waals surface area contributed by atoms with Crippen LogP contribution in [-0.2, 0) is 0 Å². The first kappa shape index (κ1) is 32.2. The van der Waals surface area contributed by atoms with Crippen molar-refractivity contribution in [2.45, 2.75) is 0 Å². The molecule has 55 heavy (non-hydrogen) atoms. The Morgan fingerprint density at radius 1 is 0.273 bits per heavy atom. The maximum atomic E-state index is 6.47. The summed E-state index contributed by atoms with van der Waals surface area (Å²) in [7, 11) is 0. The fourth-order valence-electron chi connectivity index (χ4n) is 7.55. The number of nitrogens with zero attached hydrogens (tertiary/aromatic N) is 3. The molecule has 0 atom stereocenters. The molecule has 0 aliphatic heterocycles. The molecule has 0 radical (unpaired) electrons. The number of furan rings is 1.